The predicted molar refractivity (Wildman–Crippen MR) is 70.6 cm³/mol. The number of hydrogen-bond acceptors (Lipinski definition) is 4. The fraction of sp³-hybridized carbons (Fsp3) is 0.333. The first-order chi connectivity index (χ1) is 9.08. The monoisotopic (exact) mass is 258 g/mol. The van der Waals surface area contributed by atoms with Crippen LogP contribution in [0.5, 0.6) is 5.95 Å². The highest BCUT2D eigenvalue weighted by atomic mass is 16.6. The van der Waals surface area contributed by atoms with E-state index < -0.39 is 5.41 Å². The van der Waals surface area contributed by atoms with Crippen molar-refractivity contribution in [1.82, 2.24) is 0 Å². The van der Waals surface area contributed by atoms with Crippen LogP contribution in [0.1, 0.15) is 25.8 Å². The van der Waals surface area contributed by atoms with Crippen LogP contribution in [0.15, 0.2) is 33.5 Å². The van der Waals surface area contributed by atoms with Crippen molar-refractivity contribution in [2.75, 3.05) is 0 Å². The molecule has 1 aliphatic heterocycles. The Morgan fingerprint density at radius 2 is 2.11 bits per heavy atom. The Kier molecular flexibility index (Phi) is 2.49. The van der Waals surface area contributed by atoms with Crippen LogP contribution in [0.3, 0.4) is 0 Å². The van der Waals surface area contributed by atoms with Crippen molar-refractivity contribution in [1.29, 1.82) is 0 Å². The highest BCUT2D eigenvalue weighted by Crippen LogP contribution is 2.43. The summed E-state index contributed by atoms with van der Waals surface area (Å²) in [4.78, 5) is 23.5. The maximum Gasteiger partial charge on any atom is 0.293 e. The number of aldehydes is 1. The second-order valence-corrected chi connectivity index (χ2v) is 5.14. The quantitative estimate of drug-likeness (QED) is 0.776. The number of hydrogen-bond donors (Lipinski definition) is 0. The molecule has 0 bridgehead atoms. The number of rotatable bonds is 2. The van der Waals surface area contributed by atoms with E-state index in [-0.39, 0.29) is 23.9 Å². The summed E-state index contributed by atoms with van der Waals surface area (Å²) < 4.78 is 11.3. The van der Waals surface area contributed by atoms with Crippen molar-refractivity contribution in [3.63, 3.8) is 0 Å². The van der Waals surface area contributed by atoms with Crippen molar-refractivity contribution < 1.29 is 13.9 Å². The zero-order valence-electron chi connectivity index (χ0n) is 10.8. The summed E-state index contributed by atoms with van der Waals surface area (Å²) in [6, 6.07) is 7.06. The molecule has 2 aromatic rings. The second-order valence-electron chi connectivity index (χ2n) is 5.14. The zero-order chi connectivity index (χ0) is 13.6. The molecule has 0 unspecified atom stereocenters. The predicted octanol–water partition coefficient (Wildman–Crippen LogP) is 2.42. The number of carbonyl (C=O) groups is 1. The highest BCUT2D eigenvalue weighted by molar-refractivity contribution is 5.78. The van der Waals surface area contributed by atoms with E-state index >= 15 is 0 Å². The van der Waals surface area contributed by atoms with Gasteiger partial charge in [-0.05, 0) is 19.1 Å². The van der Waals surface area contributed by atoms with Crippen LogP contribution < -0.4 is 10.2 Å². The lowest BCUT2D eigenvalue weighted by atomic mass is 9.77. The normalized spacial score (nSPS) is 25.1. The molecule has 0 saturated heterocycles. The van der Waals surface area contributed by atoms with E-state index in [2.05, 4.69) is 0 Å². The average molecular weight is 258 g/mol. The molecule has 1 aliphatic rings. The Morgan fingerprint density at radius 1 is 1.37 bits per heavy atom. The molecule has 0 aliphatic carbocycles. The topological polar surface area (TPSA) is 56.5 Å². The summed E-state index contributed by atoms with van der Waals surface area (Å²) in [5.74, 6) is 0.251. The molecule has 0 saturated carbocycles. The van der Waals surface area contributed by atoms with Crippen LogP contribution in [0, 0.1) is 0 Å². The molecule has 2 heterocycles. The number of ether oxygens (including phenoxy) is 1. The average Bonchev–Trinajstić information content (AvgIpc) is 2.62. The Bertz CT molecular complexity index is 716. The third-order valence-corrected chi connectivity index (χ3v) is 4.03. The maximum absolute atomic E-state index is 12.6. The molecular formula is C15H14O4. The van der Waals surface area contributed by atoms with Gasteiger partial charge >= 0.3 is 0 Å². The molecule has 4 heteroatoms. The van der Waals surface area contributed by atoms with Gasteiger partial charge in [0.15, 0.2) is 0 Å². The van der Waals surface area contributed by atoms with Gasteiger partial charge < -0.3 is 13.9 Å². The van der Waals surface area contributed by atoms with Gasteiger partial charge in [0, 0.05) is 11.8 Å². The Balaban J connectivity index is 2.36. The van der Waals surface area contributed by atoms with Crippen molar-refractivity contribution in [2.45, 2.75) is 31.8 Å². The molecule has 0 radical (unpaired) electrons. The minimum absolute atomic E-state index is 0.106. The lowest BCUT2D eigenvalue weighted by Crippen LogP contribution is -2.36. The third-order valence-electron chi connectivity index (χ3n) is 4.03. The summed E-state index contributed by atoms with van der Waals surface area (Å²) in [6.45, 7) is 3.72. The molecule has 1 aromatic carbocycles. The fourth-order valence-corrected chi connectivity index (χ4v) is 2.63. The number of fused-ring (bicyclic) bond motifs is 2. The van der Waals surface area contributed by atoms with Crippen molar-refractivity contribution in [2.24, 2.45) is 0 Å². The molecule has 0 amide bonds. The van der Waals surface area contributed by atoms with E-state index in [9.17, 15) is 9.59 Å². The summed E-state index contributed by atoms with van der Waals surface area (Å²) in [5, 5.41) is 0.524. The van der Waals surface area contributed by atoms with Crippen LogP contribution >= 0.6 is 0 Å². The van der Waals surface area contributed by atoms with Gasteiger partial charge in [0.2, 0.25) is 5.43 Å². The van der Waals surface area contributed by atoms with E-state index in [4.69, 9.17) is 9.15 Å². The van der Waals surface area contributed by atoms with Crippen LogP contribution in [-0.2, 0) is 10.2 Å². The number of para-hydroxylation sites is 1. The number of benzene rings is 1. The van der Waals surface area contributed by atoms with Gasteiger partial charge in [-0.25, -0.2) is 0 Å². The van der Waals surface area contributed by atoms with Crippen LogP contribution in [0.25, 0.3) is 11.0 Å². The molecule has 98 valence electrons. The third kappa shape index (κ3) is 1.52. The van der Waals surface area contributed by atoms with E-state index in [1.807, 2.05) is 13.8 Å². The second kappa shape index (κ2) is 3.95. The van der Waals surface area contributed by atoms with Crippen molar-refractivity contribution in [3.05, 3.63) is 40.1 Å². The fourth-order valence-electron chi connectivity index (χ4n) is 2.63. The highest BCUT2D eigenvalue weighted by Gasteiger charge is 2.46. The van der Waals surface area contributed by atoms with Crippen LogP contribution in [0.4, 0.5) is 0 Å². The number of carbonyl (C=O) groups excluding carboxylic acids is 1. The Labute approximate surface area is 110 Å². The summed E-state index contributed by atoms with van der Waals surface area (Å²) in [5.41, 5.74) is 0.256. The largest absolute Gasteiger partial charge is 0.461 e. The van der Waals surface area contributed by atoms with Gasteiger partial charge in [-0.15, -0.1) is 0 Å². The van der Waals surface area contributed by atoms with E-state index in [1.54, 1.807) is 24.3 Å². The summed E-state index contributed by atoms with van der Waals surface area (Å²) in [7, 11) is 0. The van der Waals surface area contributed by atoms with Gasteiger partial charge in [0.05, 0.1) is 10.9 Å². The van der Waals surface area contributed by atoms with Gasteiger partial charge in [0.25, 0.3) is 5.95 Å². The summed E-state index contributed by atoms with van der Waals surface area (Å²) >= 11 is 0. The van der Waals surface area contributed by atoms with Crippen LogP contribution in [-0.4, -0.2) is 12.4 Å². The molecule has 19 heavy (non-hydrogen) atoms. The first-order valence-corrected chi connectivity index (χ1v) is 6.24. The Hall–Kier alpha value is -2.10. The lowest BCUT2D eigenvalue weighted by Gasteiger charge is -2.24. The van der Waals surface area contributed by atoms with Gasteiger partial charge in [-0.3, -0.25) is 4.79 Å². The van der Waals surface area contributed by atoms with Crippen molar-refractivity contribution in [3.8, 4) is 5.95 Å². The van der Waals surface area contributed by atoms with E-state index in [1.165, 1.54) is 0 Å². The SMILES string of the molecule is C[C@@H]1Oc2oc3ccccc3c(=O)c2[C@]1(C)CC=O. The molecule has 0 N–H and O–H groups in total. The molecule has 0 spiro atoms. The molecule has 0 fully saturated rings. The van der Waals surface area contributed by atoms with E-state index in [0.717, 1.165) is 6.29 Å². The smallest absolute Gasteiger partial charge is 0.293 e. The standard InChI is InChI=1S/C15H14O4/c1-9-15(2,7-8-16)12-13(17)10-5-3-4-6-11(10)19-14(12)18-9/h3-6,8-9H,7H2,1-2H3/t9-,15+/m0/s1. The lowest BCUT2D eigenvalue weighted by molar-refractivity contribution is -0.109. The molecular weight excluding hydrogens is 244 g/mol. The minimum atomic E-state index is -0.623. The van der Waals surface area contributed by atoms with Gasteiger partial charge in [-0.1, -0.05) is 19.1 Å². The van der Waals surface area contributed by atoms with Gasteiger partial charge in [-0.2, -0.15) is 0 Å². The maximum atomic E-state index is 12.6. The zero-order valence-corrected chi connectivity index (χ0v) is 10.8. The van der Waals surface area contributed by atoms with Crippen molar-refractivity contribution >= 4 is 17.3 Å². The minimum Gasteiger partial charge on any atom is -0.461 e. The molecule has 1 aromatic heterocycles. The van der Waals surface area contributed by atoms with E-state index in [0.29, 0.717) is 16.5 Å². The van der Waals surface area contributed by atoms with Crippen LogP contribution in [0.2, 0.25) is 0 Å². The molecule has 4 nitrogen and oxygen atoms in total. The van der Waals surface area contributed by atoms with Gasteiger partial charge in [0.1, 0.15) is 18.0 Å². The molecule has 3 rings (SSSR count). The first kappa shape index (κ1) is 12.0. The first-order valence-electron chi connectivity index (χ1n) is 6.24. The summed E-state index contributed by atoms with van der Waals surface area (Å²) in [6.07, 6.45) is 0.800. The molecule has 2 atom stereocenters. The Morgan fingerprint density at radius 3 is 2.84 bits per heavy atom.